The van der Waals surface area contributed by atoms with Crippen LogP contribution in [0, 0.1) is 0 Å². The minimum Gasteiger partial charge on any atom is -0.508 e. The third kappa shape index (κ3) is 3.90. The van der Waals surface area contributed by atoms with Crippen LogP contribution in [0.1, 0.15) is 11.3 Å². The van der Waals surface area contributed by atoms with Crippen molar-refractivity contribution in [1.29, 1.82) is 0 Å². The van der Waals surface area contributed by atoms with Crippen molar-refractivity contribution in [2.24, 2.45) is 0 Å². The van der Waals surface area contributed by atoms with E-state index in [1.807, 2.05) is 24.3 Å². The van der Waals surface area contributed by atoms with Gasteiger partial charge in [-0.2, -0.15) is 0 Å². The molecule has 2 aromatic carbocycles. The van der Waals surface area contributed by atoms with Gasteiger partial charge in [-0.15, -0.1) is 0 Å². The number of hydrogen-bond acceptors (Lipinski definition) is 5. The second-order valence-electron chi connectivity index (χ2n) is 4.55. The van der Waals surface area contributed by atoms with Crippen LogP contribution in [0.3, 0.4) is 0 Å². The zero-order valence-corrected chi connectivity index (χ0v) is 14.7. The van der Waals surface area contributed by atoms with Crippen LogP contribution in [-0.2, 0) is 13.6 Å². The van der Waals surface area contributed by atoms with Crippen molar-refractivity contribution in [1.82, 2.24) is 0 Å². The third-order valence-corrected chi connectivity index (χ3v) is 5.79. The number of phenolic OH excluding ortho intramolecular Hbond substituents is 1. The van der Waals surface area contributed by atoms with E-state index in [0.717, 1.165) is 10.2 Å². The highest BCUT2D eigenvalue weighted by Gasteiger charge is 2.35. The summed E-state index contributed by atoms with van der Waals surface area (Å²) in [6, 6.07) is 13.9. The Morgan fingerprint density at radius 1 is 1.05 bits per heavy atom. The molecule has 1 atom stereocenters. The van der Waals surface area contributed by atoms with Gasteiger partial charge in [-0.05, 0) is 42.0 Å². The number of benzene rings is 2. The standard InChI is InChI=1S/C15H17BrNO4P/c1-20-22(19,21-2)15(11-3-9-14(18)10-4-11)17-13-7-5-12(16)6-8-13/h3-10,15,17-18H,1-2H3/t15-/m0/s1. The lowest BCUT2D eigenvalue weighted by atomic mass is 10.2. The number of anilines is 1. The van der Waals surface area contributed by atoms with E-state index in [-0.39, 0.29) is 5.75 Å². The summed E-state index contributed by atoms with van der Waals surface area (Å²) in [5.74, 6) is -0.555. The third-order valence-electron chi connectivity index (χ3n) is 3.18. The first-order chi connectivity index (χ1) is 10.5. The van der Waals surface area contributed by atoms with Crippen molar-refractivity contribution in [3.63, 3.8) is 0 Å². The smallest absolute Gasteiger partial charge is 0.356 e. The van der Waals surface area contributed by atoms with Crippen LogP contribution in [-0.4, -0.2) is 19.3 Å². The molecule has 22 heavy (non-hydrogen) atoms. The Kier molecular flexibility index (Phi) is 5.64. The van der Waals surface area contributed by atoms with Crippen molar-refractivity contribution in [3.05, 3.63) is 58.6 Å². The normalized spacial score (nSPS) is 12.9. The first-order valence-corrected chi connectivity index (χ1v) is 8.91. The SMILES string of the molecule is COP(=O)(OC)[C@H](Nc1ccc(Br)cc1)c1ccc(O)cc1. The number of phenols is 1. The lowest BCUT2D eigenvalue weighted by molar-refractivity contribution is 0.268. The summed E-state index contributed by atoms with van der Waals surface area (Å²) in [4.78, 5) is 0. The summed E-state index contributed by atoms with van der Waals surface area (Å²) in [7, 11) is -0.714. The largest absolute Gasteiger partial charge is 0.508 e. The Morgan fingerprint density at radius 2 is 1.59 bits per heavy atom. The van der Waals surface area contributed by atoms with Gasteiger partial charge in [-0.1, -0.05) is 28.1 Å². The minimum absolute atomic E-state index is 0.135. The fourth-order valence-electron chi connectivity index (χ4n) is 1.99. The molecule has 0 aliphatic carbocycles. The second kappa shape index (κ2) is 7.29. The average Bonchev–Trinajstić information content (AvgIpc) is 2.54. The quantitative estimate of drug-likeness (QED) is 0.702. The first kappa shape index (κ1) is 17.0. The van der Waals surface area contributed by atoms with Crippen molar-refractivity contribution in [2.45, 2.75) is 5.78 Å². The maximum absolute atomic E-state index is 12.8. The van der Waals surface area contributed by atoms with Crippen LogP contribution in [0.2, 0.25) is 0 Å². The maximum Gasteiger partial charge on any atom is 0.356 e. The lowest BCUT2D eigenvalue weighted by Gasteiger charge is -2.26. The maximum atomic E-state index is 12.8. The molecule has 2 aromatic rings. The molecule has 0 spiro atoms. The van der Waals surface area contributed by atoms with Gasteiger partial charge < -0.3 is 19.5 Å². The summed E-state index contributed by atoms with van der Waals surface area (Å²) in [6.45, 7) is 0. The van der Waals surface area contributed by atoms with Gasteiger partial charge in [0.25, 0.3) is 0 Å². The van der Waals surface area contributed by atoms with E-state index in [1.54, 1.807) is 12.1 Å². The highest BCUT2D eigenvalue weighted by molar-refractivity contribution is 9.10. The van der Waals surface area contributed by atoms with Crippen molar-refractivity contribution in [3.8, 4) is 5.75 Å². The molecule has 0 unspecified atom stereocenters. The van der Waals surface area contributed by atoms with Crippen molar-refractivity contribution in [2.75, 3.05) is 19.5 Å². The lowest BCUT2D eigenvalue weighted by Crippen LogP contribution is -2.13. The highest BCUT2D eigenvalue weighted by atomic mass is 79.9. The van der Waals surface area contributed by atoms with Gasteiger partial charge in [0.15, 0.2) is 5.78 Å². The molecule has 118 valence electrons. The molecule has 2 rings (SSSR count). The van der Waals surface area contributed by atoms with Gasteiger partial charge in [0.05, 0.1) is 0 Å². The van der Waals surface area contributed by atoms with Gasteiger partial charge >= 0.3 is 7.60 Å². The van der Waals surface area contributed by atoms with E-state index in [0.29, 0.717) is 5.56 Å². The topological polar surface area (TPSA) is 67.8 Å². The molecule has 7 heteroatoms. The molecule has 5 nitrogen and oxygen atoms in total. The summed E-state index contributed by atoms with van der Waals surface area (Å²) in [6.07, 6.45) is 0. The Hall–Kier alpha value is -1.33. The molecule has 0 heterocycles. The van der Waals surface area contributed by atoms with E-state index in [9.17, 15) is 9.67 Å². The molecular weight excluding hydrogens is 369 g/mol. The number of nitrogens with one attached hydrogen (secondary N) is 1. The van der Waals surface area contributed by atoms with Gasteiger partial charge in [0, 0.05) is 24.4 Å². The Bertz CT molecular complexity index is 652. The molecule has 0 saturated carbocycles. The first-order valence-electron chi connectivity index (χ1n) is 6.51. The fraction of sp³-hybridized carbons (Fsp3) is 0.200. The van der Waals surface area contributed by atoms with Crippen LogP contribution < -0.4 is 5.32 Å². The average molecular weight is 386 g/mol. The molecule has 2 N–H and O–H groups in total. The summed E-state index contributed by atoms with van der Waals surface area (Å²) in [5.41, 5.74) is 1.46. The van der Waals surface area contributed by atoms with E-state index < -0.39 is 13.4 Å². The number of rotatable bonds is 6. The van der Waals surface area contributed by atoms with Crippen molar-refractivity contribution < 1.29 is 18.7 Å². The van der Waals surface area contributed by atoms with Gasteiger partial charge in [0.1, 0.15) is 5.75 Å². The van der Waals surface area contributed by atoms with E-state index in [1.165, 1.54) is 26.4 Å². The van der Waals surface area contributed by atoms with Crippen LogP contribution in [0.5, 0.6) is 5.75 Å². The minimum atomic E-state index is -3.41. The van der Waals surface area contributed by atoms with Crippen LogP contribution in [0.15, 0.2) is 53.0 Å². The molecule has 0 fully saturated rings. The Balaban J connectivity index is 2.39. The van der Waals surface area contributed by atoms with Gasteiger partial charge in [-0.3, -0.25) is 4.57 Å². The molecule has 0 bridgehead atoms. The molecule has 0 radical (unpaired) electrons. The summed E-state index contributed by atoms with van der Waals surface area (Å²) < 4.78 is 24.0. The molecular formula is C15H17BrNO4P. The van der Waals surface area contributed by atoms with Gasteiger partial charge in [0.2, 0.25) is 0 Å². The van der Waals surface area contributed by atoms with Crippen LogP contribution in [0.25, 0.3) is 0 Å². The number of hydrogen-bond donors (Lipinski definition) is 2. The van der Waals surface area contributed by atoms with Crippen molar-refractivity contribution >= 4 is 29.2 Å². The molecule has 0 aliphatic rings. The molecule has 0 saturated heterocycles. The predicted octanol–water partition coefficient (Wildman–Crippen LogP) is 4.75. The van der Waals surface area contributed by atoms with Crippen LogP contribution >= 0.6 is 23.5 Å². The zero-order valence-electron chi connectivity index (χ0n) is 12.2. The summed E-state index contributed by atoms with van der Waals surface area (Å²) >= 11 is 3.37. The molecule has 0 aromatic heterocycles. The Labute approximate surface area is 137 Å². The van der Waals surface area contributed by atoms with Crippen LogP contribution in [0.4, 0.5) is 5.69 Å². The highest BCUT2D eigenvalue weighted by Crippen LogP contribution is 2.59. The predicted molar refractivity (Wildman–Crippen MR) is 90.2 cm³/mol. The molecule has 0 amide bonds. The van der Waals surface area contributed by atoms with Gasteiger partial charge in [-0.25, -0.2) is 0 Å². The number of aromatic hydroxyl groups is 1. The monoisotopic (exact) mass is 385 g/mol. The van der Waals surface area contributed by atoms with E-state index >= 15 is 0 Å². The molecule has 0 aliphatic heterocycles. The van der Waals surface area contributed by atoms with E-state index in [4.69, 9.17) is 9.05 Å². The zero-order chi connectivity index (χ0) is 16.2. The fourth-order valence-corrected chi connectivity index (χ4v) is 3.67. The second-order valence-corrected chi connectivity index (χ2v) is 7.79. The Morgan fingerprint density at radius 3 is 2.09 bits per heavy atom. The van der Waals surface area contributed by atoms with E-state index in [2.05, 4.69) is 21.2 Å². The summed E-state index contributed by atoms with van der Waals surface area (Å²) in [5, 5.41) is 12.6. The number of halogens is 1.